The zero-order chi connectivity index (χ0) is 14.4. The van der Waals surface area contributed by atoms with Crippen LogP contribution in [0.25, 0.3) is 0 Å². The molecule has 20 heavy (non-hydrogen) atoms. The van der Waals surface area contributed by atoms with Gasteiger partial charge in [-0.2, -0.15) is 0 Å². The average Bonchev–Trinajstić information content (AvgIpc) is 2.96. The predicted molar refractivity (Wildman–Crippen MR) is 78.4 cm³/mol. The summed E-state index contributed by atoms with van der Waals surface area (Å²) in [5, 5.41) is 6.11. The maximum atomic E-state index is 12.2. The number of anilines is 1. The summed E-state index contributed by atoms with van der Waals surface area (Å²) >= 11 is 0. The molecule has 1 saturated heterocycles. The van der Waals surface area contributed by atoms with Crippen molar-refractivity contribution in [3.63, 3.8) is 0 Å². The van der Waals surface area contributed by atoms with Gasteiger partial charge in [0.2, 0.25) is 5.91 Å². The van der Waals surface area contributed by atoms with Gasteiger partial charge in [0.25, 0.3) is 0 Å². The SMILES string of the molecule is CCOc1ccc(OCC)c(NC(=O)[C@H]2CCCN2)c1. The van der Waals surface area contributed by atoms with E-state index in [1.807, 2.05) is 26.0 Å². The van der Waals surface area contributed by atoms with E-state index in [2.05, 4.69) is 10.6 Å². The van der Waals surface area contributed by atoms with Crippen LogP contribution < -0.4 is 20.1 Å². The maximum absolute atomic E-state index is 12.2. The quantitative estimate of drug-likeness (QED) is 0.837. The molecule has 0 saturated carbocycles. The van der Waals surface area contributed by atoms with E-state index >= 15 is 0 Å². The summed E-state index contributed by atoms with van der Waals surface area (Å²) in [6.07, 6.45) is 1.91. The first kappa shape index (κ1) is 14.7. The molecule has 1 atom stereocenters. The smallest absolute Gasteiger partial charge is 0.241 e. The van der Waals surface area contributed by atoms with Crippen molar-refractivity contribution in [2.75, 3.05) is 25.1 Å². The Kier molecular flexibility index (Phi) is 5.24. The third-order valence-corrected chi connectivity index (χ3v) is 3.20. The molecule has 2 rings (SSSR count). The number of hydrogen-bond donors (Lipinski definition) is 2. The highest BCUT2D eigenvalue weighted by Gasteiger charge is 2.23. The molecule has 0 aromatic heterocycles. The number of carbonyl (C=O) groups excluding carboxylic acids is 1. The Bertz CT molecular complexity index is 456. The van der Waals surface area contributed by atoms with Gasteiger partial charge in [-0.1, -0.05) is 0 Å². The first-order valence-corrected chi connectivity index (χ1v) is 7.18. The zero-order valence-electron chi connectivity index (χ0n) is 12.1. The van der Waals surface area contributed by atoms with Gasteiger partial charge in [0, 0.05) is 6.07 Å². The maximum Gasteiger partial charge on any atom is 0.241 e. The average molecular weight is 278 g/mol. The molecule has 0 bridgehead atoms. The standard InChI is InChI=1S/C15H22N2O3/c1-3-19-11-7-8-14(20-4-2)13(10-11)17-15(18)12-6-5-9-16-12/h7-8,10,12,16H,3-6,9H2,1-2H3,(H,17,18)/t12-/m1/s1. The van der Waals surface area contributed by atoms with Gasteiger partial charge in [-0.05, 0) is 45.4 Å². The van der Waals surface area contributed by atoms with Crippen molar-refractivity contribution < 1.29 is 14.3 Å². The lowest BCUT2D eigenvalue weighted by atomic mass is 10.2. The monoisotopic (exact) mass is 278 g/mol. The van der Waals surface area contributed by atoms with Gasteiger partial charge in [-0.3, -0.25) is 4.79 Å². The molecule has 1 heterocycles. The van der Waals surface area contributed by atoms with E-state index in [4.69, 9.17) is 9.47 Å². The summed E-state index contributed by atoms with van der Waals surface area (Å²) in [5.41, 5.74) is 0.663. The molecule has 1 aromatic rings. The number of ether oxygens (including phenoxy) is 2. The third-order valence-electron chi connectivity index (χ3n) is 3.20. The number of rotatable bonds is 6. The van der Waals surface area contributed by atoms with E-state index < -0.39 is 0 Å². The Morgan fingerprint density at radius 3 is 2.80 bits per heavy atom. The van der Waals surface area contributed by atoms with Crippen molar-refractivity contribution in [1.82, 2.24) is 5.32 Å². The van der Waals surface area contributed by atoms with E-state index in [1.165, 1.54) is 0 Å². The Morgan fingerprint density at radius 1 is 1.35 bits per heavy atom. The first-order valence-electron chi connectivity index (χ1n) is 7.18. The number of hydrogen-bond acceptors (Lipinski definition) is 4. The van der Waals surface area contributed by atoms with E-state index in [0.717, 1.165) is 25.1 Å². The van der Waals surface area contributed by atoms with Crippen LogP contribution in [-0.4, -0.2) is 31.7 Å². The molecule has 1 aliphatic heterocycles. The molecule has 5 heteroatoms. The van der Waals surface area contributed by atoms with Crippen LogP contribution in [0.1, 0.15) is 26.7 Å². The van der Waals surface area contributed by atoms with E-state index in [-0.39, 0.29) is 11.9 Å². The van der Waals surface area contributed by atoms with Crippen molar-refractivity contribution in [2.45, 2.75) is 32.7 Å². The summed E-state index contributed by atoms with van der Waals surface area (Å²) in [7, 11) is 0. The largest absolute Gasteiger partial charge is 0.494 e. The second kappa shape index (κ2) is 7.14. The fraction of sp³-hybridized carbons (Fsp3) is 0.533. The van der Waals surface area contributed by atoms with Gasteiger partial charge in [0.15, 0.2) is 0 Å². The summed E-state index contributed by atoms with van der Waals surface area (Å²) in [6, 6.07) is 5.37. The van der Waals surface area contributed by atoms with Crippen LogP contribution in [0.5, 0.6) is 11.5 Å². The highest BCUT2D eigenvalue weighted by atomic mass is 16.5. The first-order chi connectivity index (χ1) is 9.74. The highest BCUT2D eigenvalue weighted by Crippen LogP contribution is 2.29. The van der Waals surface area contributed by atoms with E-state index in [9.17, 15) is 4.79 Å². The summed E-state index contributed by atoms with van der Waals surface area (Å²) < 4.78 is 11.0. The summed E-state index contributed by atoms with van der Waals surface area (Å²) in [6.45, 7) is 5.89. The van der Waals surface area contributed by atoms with Crippen molar-refractivity contribution >= 4 is 11.6 Å². The molecule has 1 aromatic carbocycles. The number of amides is 1. The van der Waals surface area contributed by atoms with Gasteiger partial charge in [0.05, 0.1) is 24.9 Å². The van der Waals surface area contributed by atoms with Gasteiger partial charge in [-0.15, -0.1) is 0 Å². The van der Waals surface area contributed by atoms with Gasteiger partial charge < -0.3 is 20.1 Å². The third kappa shape index (κ3) is 3.63. The molecule has 110 valence electrons. The number of benzene rings is 1. The Morgan fingerprint density at radius 2 is 2.15 bits per heavy atom. The van der Waals surface area contributed by atoms with Gasteiger partial charge in [0.1, 0.15) is 11.5 Å². The number of carbonyl (C=O) groups is 1. The fourth-order valence-corrected chi connectivity index (χ4v) is 2.27. The van der Waals surface area contributed by atoms with E-state index in [0.29, 0.717) is 24.7 Å². The van der Waals surface area contributed by atoms with Crippen molar-refractivity contribution in [1.29, 1.82) is 0 Å². The molecule has 2 N–H and O–H groups in total. The van der Waals surface area contributed by atoms with Crippen LogP contribution in [0, 0.1) is 0 Å². The molecular formula is C15H22N2O3. The van der Waals surface area contributed by atoms with Crippen LogP contribution in [0.3, 0.4) is 0 Å². The molecule has 0 spiro atoms. The Balaban J connectivity index is 2.13. The second-order valence-electron chi connectivity index (χ2n) is 4.66. The second-order valence-corrected chi connectivity index (χ2v) is 4.66. The van der Waals surface area contributed by atoms with Crippen LogP contribution in [0.2, 0.25) is 0 Å². The summed E-state index contributed by atoms with van der Waals surface area (Å²) in [4.78, 5) is 12.2. The molecule has 0 aliphatic carbocycles. The lowest BCUT2D eigenvalue weighted by molar-refractivity contribution is -0.117. The van der Waals surface area contributed by atoms with Gasteiger partial charge in [-0.25, -0.2) is 0 Å². The van der Waals surface area contributed by atoms with Crippen LogP contribution >= 0.6 is 0 Å². The Labute approximate surface area is 119 Å². The minimum absolute atomic E-state index is 0.0166. The molecule has 1 amide bonds. The van der Waals surface area contributed by atoms with Crippen molar-refractivity contribution in [3.05, 3.63) is 18.2 Å². The summed E-state index contributed by atoms with van der Waals surface area (Å²) in [5.74, 6) is 1.38. The Hall–Kier alpha value is -1.75. The fourth-order valence-electron chi connectivity index (χ4n) is 2.27. The molecule has 1 fully saturated rings. The van der Waals surface area contributed by atoms with Gasteiger partial charge >= 0.3 is 0 Å². The zero-order valence-corrected chi connectivity index (χ0v) is 12.1. The lowest BCUT2D eigenvalue weighted by Crippen LogP contribution is -2.35. The minimum Gasteiger partial charge on any atom is -0.494 e. The minimum atomic E-state index is -0.111. The molecular weight excluding hydrogens is 256 g/mol. The van der Waals surface area contributed by atoms with Crippen molar-refractivity contribution in [3.8, 4) is 11.5 Å². The molecule has 5 nitrogen and oxygen atoms in total. The topological polar surface area (TPSA) is 59.6 Å². The van der Waals surface area contributed by atoms with E-state index in [1.54, 1.807) is 6.07 Å². The number of nitrogens with one attached hydrogen (secondary N) is 2. The van der Waals surface area contributed by atoms with Crippen LogP contribution in [0.4, 0.5) is 5.69 Å². The lowest BCUT2D eigenvalue weighted by Gasteiger charge is -2.15. The highest BCUT2D eigenvalue weighted by molar-refractivity contribution is 5.96. The predicted octanol–water partition coefficient (Wildman–Crippen LogP) is 2.17. The molecule has 0 radical (unpaired) electrons. The van der Waals surface area contributed by atoms with Crippen LogP contribution in [-0.2, 0) is 4.79 Å². The van der Waals surface area contributed by atoms with Crippen molar-refractivity contribution in [2.24, 2.45) is 0 Å². The molecule has 0 unspecified atom stereocenters. The normalized spacial score (nSPS) is 17.8. The van der Waals surface area contributed by atoms with Crippen LogP contribution in [0.15, 0.2) is 18.2 Å². The molecule has 1 aliphatic rings.